The zero-order valence-corrected chi connectivity index (χ0v) is 14.2. The van der Waals surface area contributed by atoms with E-state index in [0.717, 1.165) is 30.5 Å². The number of pyridine rings is 1. The van der Waals surface area contributed by atoms with Gasteiger partial charge >= 0.3 is 0 Å². The molecule has 1 aliphatic rings. The van der Waals surface area contributed by atoms with E-state index in [9.17, 15) is 14.9 Å². The Morgan fingerprint density at radius 1 is 1.36 bits per heavy atom. The van der Waals surface area contributed by atoms with Crippen LogP contribution in [0.25, 0.3) is 0 Å². The lowest BCUT2D eigenvalue weighted by Crippen LogP contribution is -2.35. The molecule has 1 aromatic carbocycles. The predicted octanol–water partition coefficient (Wildman–Crippen LogP) is 3.11. The van der Waals surface area contributed by atoms with Gasteiger partial charge in [0.05, 0.1) is 16.5 Å². The fraction of sp³-hybridized carbons (Fsp3) is 0.368. The summed E-state index contributed by atoms with van der Waals surface area (Å²) in [5.41, 5.74) is 3.01. The molecule has 1 unspecified atom stereocenters. The number of carbonyl (C=O) groups excluding carboxylic acids is 1. The zero-order chi connectivity index (χ0) is 17.8. The molecule has 25 heavy (non-hydrogen) atoms. The number of likely N-dealkylation sites (N-methyl/N-ethyl adjacent to an activating group) is 1. The number of hydrogen-bond acceptors (Lipinski definition) is 4. The van der Waals surface area contributed by atoms with Crippen LogP contribution in [-0.2, 0) is 17.6 Å². The quantitative estimate of drug-likeness (QED) is 0.619. The number of nitro benzene ring substituents is 1. The van der Waals surface area contributed by atoms with Crippen molar-refractivity contribution in [3.63, 3.8) is 0 Å². The first-order valence-corrected chi connectivity index (χ1v) is 8.48. The van der Waals surface area contributed by atoms with Gasteiger partial charge in [-0.2, -0.15) is 0 Å². The summed E-state index contributed by atoms with van der Waals surface area (Å²) in [6, 6.07) is 10.5. The van der Waals surface area contributed by atoms with Crippen LogP contribution in [0.15, 0.2) is 42.6 Å². The van der Waals surface area contributed by atoms with Crippen molar-refractivity contribution in [1.82, 2.24) is 9.88 Å². The normalized spacial score (nSPS) is 16.1. The smallest absolute Gasteiger partial charge is 0.269 e. The molecule has 1 aliphatic carbocycles. The van der Waals surface area contributed by atoms with Gasteiger partial charge in [0.1, 0.15) is 0 Å². The molecule has 0 saturated carbocycles. The topological polar surface area (TPSA) is 76.3 Å². The maximum absolute atomic E-state index is 12.8. The Morgan fingerprint density at radius 2 is 2.20 bits per heavy atom. The monoisotopic (exact) mass is 339 g/mol. The summed E-state index contributed by atoms with van der Waals surface area (Å²) in [6.45, 7) is 0.526. The second-order valence-electron chi connectivity index (χ2n) is 6.43. The van der Waals surface area contributed by atoms with E-state index in [0.29, 0.717) is 13.0 Å². The number of aromatic nitrogens is 1. The Morgan fingerprint density at radius 3 is 3.00 bits per heavy atom. The molecular formula is C19H21N3O3. The first-order chi connectivity index (χ1) is 12.1. The van der Waals surface area contributed by atoms with Crippen LogP contribution < -0.4 is 0 Å². The van der Waals surface area contributed by atoms with Gasteiger partial charge in [-0.15, -0.1) is 0 Å². The van der Waals surface area contributed by atoms with Crippen molar-refractivity contribution in [1.29, 1.82) is 0 Å². The first-order valence-electron chi connectivity index (χ1n) is 8.48. The summed E-state index contributed by atoms with van der Waals surface area (Å²) in [6.07, 6.45) is 5.13. The summed E-state index contributed by atoms with van der Waals surface area (Å²) in [5.74, 6) is -0.106. The Kier molecular flexibility index (Phi) is 5.07. The van der Waals surface area contributed by atoms with Crippen molar-refractivity contribution in [2.45, 2.75) is 31.6 Å². The van der Waals surface area contributed by atoms with Gasteiger partial charge < -0.3 is 4.90 Å². The van der Waals surface area contributed by atoms with Crippen LogP contribution >= 0.6 is 0 Å². The molecule has 0 fully saturated rings. The summed E-state index contributed by atoms with van der Waals surface area (Å²) < 4.78 is 0. The van der Waals surface area contributed by atoms with Gasteiger partial charge in [-0.3, -0.25) is 19.9 Å². The second kappa shape index (κ2) is 7.42. The molecule has 1 amide bonds. The van der Waals surface area contributed by atoms with Crippen molar-refractivity contribution in [3.8, 4) is 0 Å². The average molecular weight is 339 g/mol. The predicted molar refractivity (Wildman–Crippen MR) is 94.4 cm³/mol. The Bertz CT molecular complexity index is 791. The van der Waals surface area contributed by atoms with E-state index in [2.05, 4.69) is 4.98 Å². The van der Waals surface area contributed by atoms with Crippen molar-refractivity contribution in [2.24, 2.45) is 0 Å². The summed E-state index contributed by atoms with van der Waals surface area (Å²) in [5, 5.41) is 10.9. The number of non-ortho nitro benzene ring substituents is 1. The van der Waals surface area contributed by atoms with Crippen molar-refractivity contribution in [2.75, 3.05) is 13.6 Å². The molecule has 0 bridgehead atoms. The lowest BCUT2D eigenvalue weighted by Gasteiger charge is -2.27. The Hall–Kier alpha value is -2.76. The molecule has 130 valence electrons. The zero-order valence-electron chi connectivity index (χ0n) is 14.2. The standard InChI is InChI=1S/C19H21N3O3/c1-21(12-10-14-5-2-8-16(13-14)22(24)25)19(23)17-9-3-6-15-7-4-11-20-18(15)17/h2,4-5,7-8,11,13,17H,3,6,9-10,12H2,1H3. The molecule has 6 heteroatoms. The van der Waals surface area contributed by atoms with Crippen LogP contribution in [0.2, 0.25) is 0 Å². The van der Waals surface area contributed by atoms with Crippen LogP contribution in [0.5, 0.6) is 0 Å². The van der Waals surface area contributed by atoms with Crippen LogP contribution in [-0.4, -0.2) is 34.3 Å². The number of amides is 1. The molecule has 6 nitrogen and oxygen atoms in total. The van der Waals surface area contributed by atoms with E-state index in [4.69, 9.17) is 0 Å². The molecule has 1 atom stereocenters. The molecule has 3 rings (SSSR count). The lowest BCUT2D eigenvalue weighted by molar-refractivity contribution is -0.384. The number of nitro groups is 1. The summed E-state index contributed by atoms with van der Waals surface area (Å²) >= 11 is 0. The fourth-order valence-electron chi connectivity index (χ4n) is 3.35. The number of benzene rings is 1. The minimum absolute atomic E-state index is 0.0741. The molecule has 0 aliphatic heterocycles. The number of aryl methyl sites for hydroxylation is 1. The largest absolute Gasteiger partial charge is 0.345 e. The third-order valence-corrected chi connectivity index (χ3v) is 4.73. The average Bonchev–Trinajstić information content (AvgIpc) is 2.65. The van der Waals surface area contributed by atoms with Crippen molar-refractivity contribution < 1.29 is 9.72 Å². The van der Waals surface area contributed by atoms with Crippen LogP contribution in [0.3, 0.4) is 0 Å². The third-order valence-electron chi connectivity index (χ3n) is 4.73. The Balaban J connectivity index is 1.66. The molecular weight excluding hydrogens is 318 g/mol. The van der Waals surface area contributed by atoms with Gasteiger partial charge in [0.15, 0.2) is 0 Å². The van der Waals surface area contributed by atoms with Gasteiger partial charge in [-0.1, -0.05) is 18.2 Å². The Labute approximate surface area is 146 Å². The number of rotatable bonds is 5. The molecule has 2 aromatic rings. The van der Waals surface area contributed by atoms with Crippen LogP contribution in [0.1, 0.15) is 35.6 Å². The fourth-order valence-corrected chi connectivity index (χ4v) is 3.35. The minimum Gasteiger partial charge on any atom is -0.345 e. The molecule has 1 aromatic heterocycles. The first kappa shape index (κ1) is 17.1. The SMILES string of the molecule is CN(CCc1cccc([N+](=O)[O-])c1)C(=O)C1CCCc2cccnc21. The van der Waals surface area contributed by atoms with E-state index in [1.54, 1.807) is 30.3 Å². The molecule has 0 spiro atoms. The maximum Gasteiger partial charge on any atom is 0.269 e. The van der Waals surface area contributed by atoms with E-state index >= 15 is 0 Å². The van der Waals surface area contributed by atoms with Gasteiger partial charge in [-0.25, -0.2) is 0 Å². The highest BCUT2D eigenvalue weighted by Crippen LogP contribution is 2.31. The molecule has 0 N–H and O–H groups in total. The summed E-state index contributed by atoms with van der Waals surface area (Å²) in [4.78, 5) is 29.4. The highest BCUT2D eigenvalue weighted by atomic mass is 16.6. The highest BCUT2D eigenvalue weighted by Gasteiger charge is 2.29. The van der Waals surface area contributed by atoms with E-state index in [1.165, 1.54) is 11.6 Å². The van der Waals surface area contributed by atoms with E-state index < -0.39 is 4.92 Å². The number of hydrogen-bond donors (Lipinski definition) is 0. The minimum atomic E-state index is -0.400. The third kappa shape index (κ3) is 3.84. The van der Waals surface area contributed by atoms with Crippen LogP contribution in [0.4, 0.5) is 5.69 Å². The van der Waals surface area contributed by atoms with E-state index in [-0.39, 0.29) is 17.5 Å². The molecule has 0 saturated heterocycles. The van der Waals surface area contributed by atoms with E-state index in [1.807, 2.05) is 18.2 Å². The second-order valence-corrected chi connectivity index (χ2v) is 6.43. The van der Waals surface area contributed by atoms with Gasteiger partial charge in [0.2, 0.25) is 5.91 Å². The van der Waals surface area contributed by atoms with Gasteiger partial charge in [0, 0.05) is 31.9 Å². The summed E-state index contributed by atoms with van der Waals surface area (Å²) in [7, 11) is 1.79. The van der Waals surface area contributed by atoms with Crippen molar-refractivity contribution >= 4 is 11.6 Å². The number of nitrogens with zero attached hydrogens (tertiary/aromatic N) is 3. The number of carbonyl (C=O) groups is 1. The van der Waals surface area contributed by atoms with Crippen molar-refractivity contribution in [3.05, 3.63) is 69.5 Å². The lowest BCUT2D eigenvalue weighted by atomic mass is 9.85. The number of fused-ring (bicyclic) bond motifs is 1. The molecule has 1 heterocycles. The van der Waals surface area contributed by atoms with Gasteiger partial charge in [0.25, 0.3) is 5.69 Å². The van der Waals surface area contributed by atoms with Gasteiger partial charge in [-0.05, 0) is 42.9 Å². The highest BCUT2D eigenvalue weighted by molar-refractivity contribution is 5.83. The van der Waals surface area contributed by atoms with Crippen LogP contribution in [0, 0.1) is 10.1 Å². The molecule has 0 radical (unpaired) electrons. The maximum atomic E-state index is 12.8.